The van der Waals surface area contributed by atoms with Crippen LogP contribution in [0.4, 0.5) is 9.52 Å². The van der Waals surface area contributed by atoms with E-state index in [0.29, 0.717) is 15.7 Å². The van der Waals surface area contributed by atoms with Crippen molar-refractivity contribution in [3.05, 3.63) is 107 Å². The van der Waals surface area contributed by atoms with Crippen LogP contribution in [-0.2, 0) is 15.3 Å². The van der Waals surface area contributed by atoms with E-state index < -0.39 is 29.3 Å². The predicted molar refractivity (Wildman–Crippen MR) is 131 cm³/mol. The van der Waals surface area contributed by atoms with Gasteiger partial charge < -0.3 is 5.11 Å². The molecule has 0 radical (unpaired) electrons. The standard InChI is InChI=1S/C25H17FN4O3S2/c26-18-10-8-16(9-11-18)21(31)19-20(17-7-4-12-27-13-17)30(23(33)22(19)32)24-28-29-25(35-24)34-14-15-5-2-1-3-6-15/h1-13,20,31H,14H2/b21-19+/t20-/m1/s1. The lowest BCUT2D eigenvalue weighted by molar-refractivity contribution is -0.132. The minimum absolute atomic E-state index is 0.122. The minimum atomic E-state index is -0.964. The molecule has 1 N–H and O–H groups in total. The fourth-order valence-corrected chi connectivity index (χ4v) is 5.55. The zero-order valence-electron chi connectivity index (χ0n) is 18.0. The van der Waals surface area contributed by atoms with Crippen molar-refractivity contribution < 1.29 is 19.1 Å². The molecule has 1 fully saturated rings. The summed E-state index contributed by atoms with van der Waals surface area (Å²) in [5, 5.41) is 19.6. The number of amides is 1. The number of halogens is 1. The molecule has 0 unspecified atom stereocenters. The van der Waals surface area contributed by atoms with Crippen molar-refractivity contribution in [2.45, 2.75) is 16.1 Å². The van der Waals surface area contributed by atoms with Gasteiger partial charge in [0.15, 0.2) is 4.34 Å². The Morgan fingerprint density at radius 1 is 1.03 bits per heavy atom. The molecule has 5 rings (SSSR count). The van der Waals surface area contributed by atoms with Crippen LogP contribution in [0.5, 0.6) is 0 Å². The zero-order chi connectivity index (χ0) is 24.4. The number of pyridine rings is 1. The largest absolute Gasteiger partial charge is 0.507 e. The van der Waals surface area contributed by atoms with Gasteiger partial charge in [-0.3, -0.25) is 19.5 Å². The molecule has 1 aliphatic rings. The van der Waals surface area contributed by atoms with E-state index in [2.05, 4.69) is 15.2 Å². The van der Waals surface area contributed by atoms with Crippen LogP contribution in [0.2, 0.25) is 0 Å². The number of nitrogens with zero attached hydrogens (tertiary/aromatic N) is 4. The van der Waals surface area contributed by atoms with E-state index in [9.17, 15) is 19.1 Å². The van der Waals surface area contributed by atoms with Gasteiger partial charge in [-0.05, 0) is 41.5 Å². The summed E-state index contributed by atoms with van der Waals surface area (Å²) in [6.07, 6.45) is 3.09. The molecule has 0 bridgehead atoms. The van der Waals surface area contributed by atoms with E-state index in [4.69, 9.17) is 0 Å². The molecule has 2 aromatic heterocycles. The Labute approximate surface area is 208 Å². The number of Topliss-reactive ketones (excluding diaryl/α,β-unsaturated/α-hetero) is 1. The van der Waals surface area contributed by atoms with Gasteiger partial charge in [0, 0.05) is 23.7 Å². The molecular weight excluding hydrogens is 487 g/mol. The molecule has 1 aliphatic heterocycles. The first-order valence-electron chi connectivity index (χ1n) is 10.5. The lowest BCUT2D eigenvalue weighted by atomic mass is 9.96. The van der Waals surface area contributed by atoms with Crippen LogP contribution < -0.4 is 4.90 Å². The number of benzene rings is 2. The number of aliphatic hydroxyl groups excluding tert-OH is 1. The van der Waals surface area contributed by atoms with Crippen LogP contribution in [0.25, 0.3) is 5.76 Å². The summed E-state index contributed by atoms with van der Waals surface area (Å²) in [6, 6.07) is 17.3. The van der Waals surface area contributed by atoms with Crippen molar-refractivity contribution in [1.29, 1.82) is 0 Å². The maximum Gasteiger partial charge on any atom is 0.301 e. The third kappa shape index (κ3) is 4.58. The molecule has 10 heteroatoms. The topological polar surface area (TPSA) is 96.3 Å². The summed E-state index contributed by atoms with van der Waals surface area (Å²) >= 11 is 2.65. The van der Waals surface area contributed by atoms with Crippen molar-refractivity contribution >= 4 is 45.7 Å². The third-order valence-corrected chi connectivity index (χ3v) is 7.50. The SMILES string of the molecule is O=C1C(=O)N(c2nnc(SCc3ccccc3)s2)[C@H](c2cccnc2)/C1=C(\O)c1ccc(F)cc1. The minimum Gasteiger partial charge on any atom is -0.507 e. The summed E-state index contributed by atoms with van der Waals surface area (Å²) in [7, 11) is 0. The number of carbonyl (C=O) groups excluding carboxylic acids is 2. The number of carbonyl (C=O) groups is 2. The van der Waals surface area contributed by atoms with E-state index in [1.807, 2.05) is 30.3 Å². The summed E-state index contributed by atoms with van der Waals surface area (Å²) in [6.45, 7) is 0. The van der Waals surface area contributed by atoms with Gasteiger partial charge in [0.2, 0.25) is 5.13 Å². The average molecular weight is 505 g/mol. The van der Waals surface area contributed by atoms with Crippen LogP contribution in [0.15, 0.2) is 89.0 Å². The number of ketones is 1. The van der Waals surface area contributed by atoms with Crippen LogP contribution >= 0.6 is 23.1 Å². The lowest BCUT2D eigenvalue weighted by Gasteiger charge is -2.22. The Bertz CT molecular complexity index is 1410. The molecule has 1 saturated heterocycles. The molecule has 2 aromatic carbocycles. The van der Waals surface area contributed by atoms with E-state index in [-0.39, 0.29) is 16.3 Å². The molecule has 7 nitrogen and oxygen atoms in total. The number of aliphatic hydroxyl groups is 1. The summed E-state index contributed by atoms with van der Waals surface area (Å²) in [4.78, 5) is 31.6. The second-order valence-electron chi connectivity index (χ2n) is 7.59. The van der Waals surface area contributed by atoms with E-state index in [1.165, 1.54) is 58.5 Å². The van der Waals surface area contributed by atoms with E-state index >= 15 is 0 Å². The van der Waals surface area contributed by atoms with Gasteiger partial charge in [-0.25, -0.2) is 4.39 Å². The molecule has 1 atom stereocenters. The van der Waals surface area contributed by atoms with Crippen LogP contribution in [-0.4, -0.2) is 32.0 Å². The predicted octanol–water partition coefficient (Wildman–Crippen LogP) is 4.99. The average Bonchev–Trinajstić information content (AvgIpc) is 3.46. The third-order valence-electron chi connectivity index (χ3n) is 5.37. The Morgan fingerprint density at radius 3 is 2.51 bits per heavy atom. The molecule has 1 amide bonds. The highest BCUT2D eigenvalue weighted by Crippen LogP contribution is 2.43. The normalized spacial score (nSPS) is 17.2. The van der Waals surface area contributed by atoms with Crippen molar-refractivity contribution in [3.63, 3.8) is 0 Å². The maximum absolute atomic E-state index is 13.4. The number of anilines is 1. The van der Waals surface area contributed by atoms with Crippen molar-refractivity contribution in [1.82, 2.24) is 15.2 Å². The monoisotopic (exact) mass is 504 g/mol. The van der Waals surface area contributed by atoms with Crippen LogP contribution in [0, 0.1) is 5.82 Å². The molecule has 174 valence electrons. The van der Waals surface area contributed by atoms with Gasteiger partial charge in [0.05, 0.1) is 11.6 Å². The lowest BCUT2D eigenvalue weighted by Crippen LogP contribution is -2.29. The molecule has 4 aromatic rings. The van der Waals surface area contributed by atoms with Gasteiger partial charge in [-0.1, -0.05) is 59.5 Å². The first-order chi connectivity index (χ1) is 17.0. The highest BCUT2D eigenvalue weighted by molar-refractivity contribution is 8.00. The first-order valence-corrected chi connectivity index (χ1v) is 12.3. The quantitative estimate of drug-likeness (QED) is 0.130. The Kier molecular flexibility index (Phi) is 6.39. The fraction of sp³-hybridized carbons (Fsp3) is 0.0800. The summed E-state index contributed by atoms with van der Waals surface area (Å²) in [5.41, 5.74) is 1.73. The summed E-state index contributed by atoms with van der Waals surface area (Å²) in [5.74, 6) is -1.92. The number of aromatic nitrogens is 3. The van der Waals surface area contributed by atoms with Crippen LogP contribution in [0.3, 0.4) is 0 Å². The molecule has 35 heavy (non-hydrogen) atoms. The number of thioether (sulfide) groups is 1. The molecule has 0 aliphatic carbocycles. The van der Waals surface area contributed by atoms with E-state index in [0.717, 1.165) is 5.56 Å². The highest BCUT2D eigenvalue weighted by Gasteiger charge is 2.48. The Balaban J connectivity index is 1.53. The van der Waals surface area contributed by atoms with Gasteiger partial charge >= 0.3 is 5.91 Å². The molecule has 3 heterocycles. The molecular formula is C25H17FN4O3S2. The van der Waals surface area contributed by atoms with Crippen molar-refractivity contribution in [2.75, 3.05) is 4.90 Å². The highest BCUT2D eigenvalue weighted by atomic mass is 32.2. The van der Waals surface area contributed by atoms with E-state index in [1.54, 1.807) is 18.3 Å². The van der Waals surface area contributed by atoms with Gasteiger partial charge in [-0.15, -0.1) is 10.2 Å². The smallest absolute Gasteiger partial charge is 0.301 e. The second-order valence-corrected chi connectivity index (χ2v) is 9.77. The molecule has 0 spiro atoms. The number of rotatable bonds is 6. The van der Waals surface area contributed by atoms with Gasteiger partial charge in [-0.2, -0.15) is 0 Å². The second kappa shape index (κ2) is 9.77. The van der Waals surface area contributed by atoms with Crippen molar-refractivity contribution in [3.8, 4) is 0 Å². The maximum atomic E-state index is 13.4. The van der Waals surface area contributed by atoms with Gasteiger partial charge in [0.25, 0.3) is 5.78 Å². The molecule has 0 saturated carbocycles. The van der Waals surface area contributed by atoms with Gasteiger partial charge in [0.1, 0.15) is 11.6 Å². The summed E-state index contributed by atoms with van der Waals surface area (Å²) < 4.78 is 14.0. The number of hydrogen-bond donors (Lipinski definition) is 1. The van der Waals surface area contributed by atoms with Crippen molar-refractivity contribution in [2.24, 2.45) is 0 Å². The fourth-order valence-electron chi connectivity index (χ4n) is 3.72. The number of hydrogen-bond acceptors (Lipinski definition) is 8. The first kappa shape index (κ1) is 22.9. The zero-order valence-corrected chi connectivity index (χ0v) is 19.7. The Morgan fingerprint density at radius 2 is 1.80 bits per heavy atom. The Hall–Kier alpha value is -3.89. The van der Waals surface area contributed by atoms with Crippen LogP contribution in [0.1, 0.15) is 22.7 Å².